The summed E-state index contributed by atoms with van der Waals surface area (Å²) < 4.78 is 32.6. The van der Waals surface area contributed by atoms with Crippen LogP contribution in [0.1, 0.15) is 30.9 Å². The van der Waals surface area contributed by atoms with E-state index in [1.807, 2.05) is 19.9 Å². The fraction of sp³-hybridized carbons (Fsp3) is 0.562. The van der Waals surface area contributed by atoms with Crippen molar-refractivity contribution in [3.8, 4) is 5.75 Å². The Labute approximate surface area is 137 Å². The third kappa shape index (κ3) is 3.67. The zero-order valence-electron chi connectivity index (χ0n) is 13.7. The van der Waals surface area contributed by atoms with Gasteiger partial charge in [-0.1, -0.05) is 6.07 Å². The van der Waals surface area contributed by atoms with E-state index < -0.39 is 21.9 Å². The third-order valence-electron chi connectivity index (χ3n) is 4.19. The van der Waals surface area contributed by atoms with E-state index in [1.165, 1.54) is 4.31 Å². The average molecular weight is 341 g/mol. The predicted molar refractivity (Wildman–Crippen MR) is 86.2 cm³/mol. The lowest BCUT2D eigenvalue weighted by Gasteiger charge is -2.30. The molecule has 1 aliphatic rings. The van der Waals surface area contributed by atoms with E-state index in [9.17, 15) is 13.2 Å². The molecule has 128 valence electrons. The molecule has 0 aliphatic carbocycles. The lowest BCUT2D eigenvalue weighted by Crippen LogP contribution is -2.40. The van der Waals surface area contributed by atoms with Crippen LogP contribution in [-0.2, 0) is 14.8 Å². The maximum absolute atomic E-state index is 12.9. The van der Waals surface area contributed by atoms with E-state index in [4.69, 9.17) is 9.84 Å². The van der Waals surface area contributed by atoms with Crippen molar-refractivity contribution in [2.75, 3.05) is 19.7 Å². The molecule has 0 unspecified atom stereocenters. The Hall–Kier alpha value is -1.60. The molecule has 0 bridgehead atoms. The minimum atomic E-state index is -3.64. The van der Waals surface area contributed by atoms with Crippen molar-refractivity contribution in [1.82, 2.24) is 4.31 Å². The number of carbonyl (C=O) groups is 1. The molecule has 1 aliphatic heterocycles. The number of ether oxygens (including phenoxy) is 1. The topological polar surface area (TPSA) is 83.9 Å². The van der Waals surface area contributed by atoms with Crippen LogP contribution in [0, 0.1) is 19.8 Å². The summed E-state index contributed by atoms with van der Waals surface area (Å²) in [5.41, 5.74) is 1.57. The van der Waals surface area contributed by atoms with E-state index in [2.05, 4.69) is 0 Å². The van der Waals surface area contributed by atoms with Crippen LogP contribution in [-0.4, -0.2) is 43.5 Å². The molecule has 0 saturated carbocycles. The van der Waals surface area contributed by atoms with Crippen molar-refractivity contribution in [2.45, 2.75) is 38.5 Å². The second kappa shape index (κ2) is 6.88. The number of hydrogen-bond acceptors (Lipinski definition) is 4. The van der Waals surface area contributed by atoms with Crippen molar-refractivity contribution < 1.29 is 23.1 Å². The molecule has 0 radical (unpaired) electrons. The summed E-state index contributed by atoms with van der Waals surface area (Å²) in [6.45, 7) is 6.43. The highest BCUT2D eigenvalue weighted by atomic mass is 32.2. The first-order valence-corrected chi connectivity index (χ1v) is 9.18. The van der Waals surface area contributed by atoms with E-state index in [0.717, 1.165) is 5.56 Å². The number of sulfonamides is 1. The van der Waals surface area contributed by atoms with Crippen LogP contribution in [0.15, 0.2) is 17.0 Å². The molecule has 7 heteroatoms. The summed E-state index contributed by atoms with van der Waals surface area (Å²) in [6, 6.07) is 3.38. The van der Waals surface area contributed by atoms with Crippen LogP contribution in [0.25, 0.3) is 0 Å². The molecule has 0 amide bonds. The van der Waals surface area contributed by atoms with Gasteiger partial charge in [0, 0.05) is 19.2 Å². The molecule has 6 nitrogen and oxygen atoms in total. The molecular weight excluding hydrogens is 318 g/mol. The largest absolute Gasteiger partial charge is 0.494 e. The number of nitrogens with zero attached hydrogens (tertiary/aromatic N) is 1. The molecule has 1 aromatic carbocycles. The number of piperidine rings is 1. The highest BCUT2D eigenvalue weighted by Crippen LogP contribution is 2.30. The van der Waals surface area contributed by atoms with Gasteiger partial charge in [-0.15, -0.1) is 0 Å². The van der Waals surface area contributed by atoms with Crippen molar-refractivity contribution >= 4 is 16.0 Å². The summed E-state index contributed by atoms with van der Waals surface area (Å²) in [5.74, 6) is -0.746. The lowest BCUT2D eigenvalue weighted by molar-refractivity contribution is -0.142. The van der Waals surface area contributed by atoms with Gasteiger partial charge in [-0.3, -0.25) is 4.79 Å². The Morgan fingerprint density at radius 1 is 1.26 bits per heavy atom. The summed E-state index contributed by atoms with van der Waals surface area (Å²) >= 11 is 0. The van der Waals surface area contributed by atoms with E-state index in [1.54, 1.807) is 13.0 Å². The van der Waals surface area contributed by atoms with Gasteiger partial charge in [0.1, 0.15) is 5.75 Å². The quantitative estimate of drug-likeness (QED) is 0.887. The van der Waals surface area contributed by atoms with Gasteiger partial charge in [0.25, 0.3) is 0 Å². The van der Waals surface area contributed by atoms with Crippen LogP contribution in [0.5, 0.6) is 5.75 Å². The SMILES string of the molecule is CCOc1cc(S(=O)(=O)N2CCC(C(=O)O)CC2)c(C)cc1C. The van der Waals surface area contributed by atoms with Crippen molar-refractivity contribution in [2.24, 2.45) is 5.92 Å². The number of carboxylic acids is 1. The minimum Gasteiger partial charge on any atom is -0.494 e. The average Bonchev–Trinajstić information content (AvgIpc) is 2.50. The number of aliphatic carboxylic acids is 1. The fourth-order valence-electron chi connectivity index (χ4n) is 2.88. The van der Waals surface area contributed by atoms with Gasteiger partial charge >= 0.3 is 5.97 Å². The Bertz CT molecular complexity index is 691. The molecule has 0 atom stereocenters. The second-order valence-electron chi connectivity index (χ2n) is 5.83. The molecule has 0 spiro atoms. The van der Waals surface area contributed by atoms with Crippen LogP contribution < -0.4 is 4.74 Å². The first-order chi connectivity index (χ1) is 10.8. The molecule has 1 fully saturated rings. The zero-order chi connectivity index (χ0) is 17.2. The van der Waals surface area contributed by atoms with Crippen molar-refractivity contribution in [1.29, 1.82) is 0 Å². The summed E-state index contributed by atoms with van der Waals surface area (Å²) in [6.07, 6.45) is 0.690. The van der Waals surface area contributed by atoms with E-state index in [0.29, 0.717) is 30.8 Å². The number of aryl methyl sites for hydroxylation is 2. The monoisotopic (exact) mass is 341 g/mol. The fourth-order valence-corrected chi connectivity index (χ4v) is 4.58. The van der Waals surface area contributed by atoms with Crippen LogP contribution in [0.4, 0.5) is 0 Å². The third-order valence-corrected chi connectivity index (χ3v) is 6.23. The lowest BCUT2D eigenvalue weighted by atomic mass is 9.99. The van der Waals surface area contributed by atoms with Crippen LogP contribution >= 0.6 is 0 Å². The molecule has 2 rings (SSSR count). The van der Waals surface area contributed by atoms with Gasteiger partial charge in [-0.25, -0.2) is 8.42 Å². The van der Waals surface area contributed by atoms with Crippen LogP contribution in [0.2, 0.25) is 0 Å². The van der Waals surface area contributed by atoms with Crippen molar-refractivity contribution in [3.63, 3.8) is 0 Å². The summed E-state index contributed by atoms with van der Waals surface area (Å²) in [4.78, 5) is 11.2. The minimum absolute atomic E-state index is 0.233. The smallest absolute Gasteiger partial charge is 0.306 e. The Balaban J connectivity index is 2.30. The van der Waals surface area contributed by atoms with Gasteiger partial charge in [0.2, 0.25) is 10.0 Å². The normalized spacial score (nSPS) is 17.2. The zero-order valence-corrected chi connectivity index (χ0v) is 14.5. The maximum Gasteiger partial charge on any atom is 0.306 e. The second-order valence-corrected chi connectivity index (χ2v) is 7.74. The van der Waals surface area contributed by atoms with Gasteiger partial charge < -0.3 is 9.84 Å². The van der Waals surface area contributed by atoms with Gasteiger partial charge in [-0.05, 0) is 44.7 Å². The van der Waals surface area contributed by atoms with E-state index >= 15 is 0 Å². The molecular formula is C16H23NO5S. The molecule has 1 aromatic rings. The van der Waals surface area contributed by atoms with Gasteiger partial charge in [0.05, 0.1) is 17.4 Å². The summed E-state index contributed by atoms with van der Waals surface area (Å²) in [5, 5.41) is 9.03. The first kappa shape index (κ1) is 17.7. The van der Waals surface area contributed by atoms with Crippen LogP contribution in [0.3, 0.4) is 0 Å². The summed E-state index contributed by atoms with van der Waals surface area (Å²) in [7, 11) is -3.64. The predicted octanol–water partition coefficient (Wildman–Crippen LogP) is 2.19. The first-order valence-electron chi connectivity index (χ1n) is 7.74. The van der Waals surface area contributed by atoms with E-state index in [-0.39, 0.29) is 18.0 Å². The number of benzene rings is 1. The molecule has 1 saturated heterocycles. The Morgan fingerprint density at radius 2 is 1.87 bits per heavy atom. The Morgan fingerprint density at radius 3 is 2.39 bits per heavy atom. The molecule has 0 aromatic heterocycles. The van der Waals surface area contributed by atoms with Gasteiger partial charge in [0.15, 0.2) is 0 Å². The highest BCUT2D eigenvalue weighted by molar-refractivity contribution is 7.89. The molecule has 23 heavy (non-hydrogen) atoms. The highest BCUT2D eigenvalue weighted by Gasteiger charge is 2.33. The standard InChI is InChI=1S/C16H23NO5S/c1-4-22-14-10-15(12(3)9-11(14)2)23(20,21)17-7-5-13(6-8-17)16(18)19/h9-10,13H,4-8H2,1-3H3,(H,18,19). The Kier molecular flexibility index (Phi) is 5.31. The molecule has 1 N–H and O–H groups in total. The molecule has 1 heterocycles. The van der Waals surface area contributed by atoms with Gasteiger partial charge in [-0.2, -0.15) is 4.31 Å². The number of carboxylic acid groups (broad SMARTS) is 1. The number of hydrogen-bond donors (Lipinski definition) is 1. The number of rotatable bonds is 5. The van der Waals surface area contributed by atoms with Crippen molar-refractivity contribution in [3.05, 3.63) is 23.3 Å². The maximum atomic E-state index is 12.9.